The fraction of sp³-hybridized carbons (Fsp3) is 0.240. The molecule has 0 amide bonds. The number of fused-ring (bicyclic) bond motifs is 2. The van der Waals surface area contributed by atoms with Gasteiger partial charge in [-0.2, -0.15) is 0 Å². The van der Waals surface area contributed by atoms with Crippen LogP contribution >= 0.6 is 11.6 Å². The topological polar surface area (TPSA) is 116 Å². The zero-order chi connectivity index (χ0) is 23.4. The number of carboxylic acid groups (broad SMARTS) is 2. The Hall–Kier alpha value is -1.58. The third kappa shape index (κ3) is 7.46. The third-order valence-corrected chi connectivity index (χ3v) is 5.63. The Morgan fingerprint density at radius 3 is 2.31 bits per heavy atom. The SMILES string of the molecule is O=C([O-])C(CCCCCOc1cc2ccccc2cc1-c1nc2cc(Cl)ccc2o1)C(=O)[O-].[Na+].[Na+]. The Kier molecular flexibility index (Phi) is 11.6. The van der Waals surface area contributed by atoms with E-state index in [0.29, 0.717) is 59.2 Å². The molecule has 0 fully saturated rings. The maximum Gasteiger partial charge on any atom is 1.00 e. The number of ether oxygens (including phenoxy) is 1. The number of oxazole rings is 1. The van der Waals surface area contributed by atoms with Crippen molar-refractivity contribution < 1.29 is 88.1 Å². The van der Waals surface area contributed by atoms with Crippen molar-refractivity contribution in [1.29, 1.82) is 0 Å². The Bertz CT molecular complexity index is 1310. The number of unbranched alkanes of at least 4 members (excludes halogenated alkanes) is 2. The zero-order valence-electron chi connectivity index (χ0n) is 19.6. The second-order valence-electron chi connectivity index (χ2n) is 7.72. The molecule has 0 aliphatic heterocycles. The van der Waals surface area contributed by atoms with Crippen LogP contribution in [0.5, 0.6) is 5.75 Å². The van der Waals surface area contributed by atoms with E-state index in [0.717, 1.165) is 10.8 Å². The molecule has 0 radical (unpaired) electrons. The van der Waals surface area contributed by atoms with E-state index >= 15 is 0 Å². The Labute approximate surface area is 251 Å². The molecular formula is C25H20ClNNa2O6. The second-order valence-corrected chi connectivity index (χ2v) is 8.15. The van der Waals surface area contributed by atoms with Gasteiger partial charge in [-0.15, -0.1) is 0 Å². The first-order valence-corrected chi connectivity index (χ1v) is 10.9. The van der Waals surface area contributed by atoms with Crippen molar-refractivity contribution in [2.45, 2.75) is 25.7 Å². The maximum absolute atomic E-state index is 10.8. The summed E-state index contributed by atoms with van der Waals surface area (Å²) in [4.78, 5) is 26.2. The molecule has 35 heavy (non-hydrogen) atoms. The van der Waals surface area contributed by atoms with E-state index in [1.807, 2.05) is 36.4 Å². The summed E-state index contributed by atoms with van der Waals surface area (Å²) in [5.74, 6) is -3.81. The van der Waals surface area contributed by atoms with E-state index in [-0.39, 0.29) is 65.5 Å². The van der Waals surface area contributed by atoms with Crippen molar-refractivity contribution in [3.8, 4) is 17.2 Å². The summed E-state index contributed by atoms with van der Waals surface area (Å²) >= 11 is 6.07. The van der Waals surface area contributed by atoms with Gasteiger partial charge in [-0.25, -0.2) is 4.98 Å². The van der Waals surface area contributed by atoms with Crippen LogP contribution in [-0.4, -0.2) is 23.5 Å². The average Bonchev–Trinajstić information content (AvgIpc) is 3.20. The van der Waals surface area contributed by atoms with E-state index in [2.05, 4.69) is 4.98 Å². The zero-order valence-corrected chi connectivity index (χ0v) is 24.3. The van der Waals surface area contributed by atoms with Gasteiger partial charge in [0.15, 0.2) is 5.58 Å². The van der Waals surface area contributed by atoms with Crippen LogP contribution in [0.4, 0.5) is 0 Å². The van der Waals surface area contributed by atoms with Crippen molar-refractivity contribution in [3.63, 3.8) is 0 Å². The summed E-state index contributed by atoms with van der Waals surface area (Å²) in [6.45, 7) is 0.360. The fourth-order valence-corrected chi connectivity index (χ4v) is 3.83. The Morgan fingerprint density at radius 1 is 0.943 bits per heavy atom. The second kappa shape index (κ2) is 13.7. The Balaban J connectivity index is 0.00000216. The van der Waals surface area contributed by atoms with E-state index < -0.39 is 17.9 Å². The van der Waals surface area contributed by atoms with Crippen molar-refractivity contribution >= 4 is 45.4 Å². The van der Waals surface area contributed by atoms with Gasteiger partial charge < -0.3 is 29.0 Å². The van der Waals surface area contributed by atoms with Crippen molar-refractivity contribution in [3.05, 3.63) is 59.6 Å². The first-order valence-electron chi connectivity index (χ1n) is 10.6. The number of nitrogens with zero attached hydrogens (tertiary/aromatic N) is 1. The van der Waals surface area contributed by atoms with Gasteiger partial charge in [-0.1, -0.05) is 48.7 Å². The molecule has 1 heterocycles. The van der Waals surface area contributed by atoms with Crippen LogP contribution in [0.25, 0.3) is 33.3 Å². The molecule has 0 aliphatic carbocycles. The van der Waals surface area contributed by atoms with Gasteiger partial charge in [0.25, 0.3) is 0 Å². The number of aliphatic carboxylic acids is 2. The Morgan fingerprint density at radius 2 is 1.63 bits per heavy atom. The molecule has 10 heteroatoms. The fourth-order valence-electron chi connectivity index (χ4n) is 3.66. The monoisotopic (exact) mass is 511 g/mol. The molecule has 0 saturated heterocycles. The number of halogens is 1. The standard InChI is InChI=1S/C25H22ClNO6.2Na/c26-17-9-10-21-20(14-17)27-23(33-21)19-12-15-6-3-4-7-16(15)13-22(19)32-11-5-1-2-8-18(24(28)29)25(30)31;;/h3-4,6-7,9-10,12-14,18H,1-2,5,8,11H2,(H,28,29)(H,30,31);;/q;2*+1/p-2. The largest absolute Gasteiger partial charge is 1.00 e. The average molecular weight is 512 g/mol. The first kappa shape index (κ1) is 29.6. The molecule has 0 unspecified atom stereocenters. The maximum atomic E-state index is 10.8. The first-order chi connectivity index (χ1) is 15.9. The number of benzene rings is 3. The summed E-state index contributed by atoms with van der Waals surface area (Å²) in [6, 6.07) is 17.0. The van der Waals surface area contributed by atoms with Crippen LogP contribution in [0.3, 0.4) is 0 Å². The molecule has 0 atom stereocenters. The summed E-state index contributed by atoms with van der Waals surface area (Å²) in [5, 5.41) is 24.2. The molecule has 0 N–H and O–H groups in total. The number of carbonyl (C=O) groups is 2. The minimum Gasteiger partial charge on any atom is -0.549 e. The smallest absolute Gasteiger partial charge is 0.549 e. The number of carbonyl (C=O) groups excluding carboxylic acids is 2. The number of hydrogen-bond donors (Lipinski definition) is 0. The molecule has 3 aromatic carbocycles. The van der Waals surface area contributed by atoms with Gasteiger partial charge in [0.05, 0.1) is 24.1 Å². The van der Waals surface area contributed by atoms with Gasteiger partial charge in [-0.3, -0.25) is 0 Å². The van der Waals surface area contributed by atoms with Gasteiger partial charge in [0, 0.05) is 10.9 Å². The summed E-state index contributed by atoms with van der Waals surface area (Å²) < 4.78 is 12.0. The van der Waals surface area contributed by atoms with Crippen LogP contribution in [0.2, 0.25) is 5.02 Å². The molecule has 0 spiro atoms. The van der Waals surface area contributed by atoms with Gasteiger partial charge in [0.2, 0.25) is 5.89 Å². The van der Waals surface area contributed by atoms with Crippen LogP contribution in [0.1, 0.15) is 25.7 Å². The van der Waals surface area contributed by atoms with Gasteiger partial charge >= 0.3 is 59.1 Å². The van der Waals surface area contributed by atoms with Crippen LogP contribution in [-0.2, 0) is 9.59 Å². The summed E-state index contributed by atoms with van der Waals surface area (Å²) in [7, 11) is 0. The molecule has 0 aliphatic rings. The van der Waals surface area contributed by atoms with Crippen LogP contribution < -0.4 is 74.1 Å². The quantitative estimate of drug-likeness (QED) is 0.130. The molecule has 0 bridgehead atoms. The molecule has 7 nitrogen and oxygen atoms in total. The molecule has 4 rings (SSSR count). The predicted octanol–water partition coefficient (Wildman–Crippen LogP) is -2.64. The van der Waals surface area contributed by atoms with Crippen LogP contribution in [0, 0.1) is 5.92 Å². The minimum absolute atomic E-state index is 0. The summed E-state index contributed by atoms with van der Waals surface area (Å²) in [5.41, 5.74) is 1.96. The predicted molar refractivity (Wildman–Crippen MR) is 119 cm³/mol. The molecule has 1 aromatic heterocycles. The number of carboxylic acids is 2. The minimum atomic E-state index is -1.62. The van der Waals surface area contributed by atoms with E-state index in [4.69, 9.17) is 20.8 Å². The van der Waals surface area contributed by atoms with Gasteiger partial charge in [-0.05, 0) is 53.9 Å². The summed E-state index contributed by atoms with van der Waals surface area (Å²) in [6.07, 6.45) is 1.59. The number of rotatable bonds is 10. The van der Waals surface area contributed by atoms with Crippen molar-refractivity contribution in [2.75, 3.05) is 6.61 Å². The molecule has 170 valence electrons. The third-order valence-electron chi connectivity index (χ3n) is 5.39. The van der Waals surface area contributed by atoms with E-state index in [9.17, 15) is 19.8 Å². The number of aromatic nitrogens is 1. The molecule has 4 aromatic rings. The van der Waals surface area contributed by atoms with E-state index in [1.165, 1.54) is 0 Å². The molecule has 0 saturated carbocycles. The number of hydrogen-bond acceptors (Lipinski definition) is 7. The van der Waals surface area contributed by atoms with Crippen LogP contribution in [0.15, 0.2) is 59.0 Å². The van der Waals surface area contributed by atoms with Crippen molar-refractivity contribution in [2.24, 2.45) is 5.92 Å². The normalized spacial score (nSPS) is 10.7. The van der Waals surface area contributed by atoms with Crippen molar-refractivity contribution in [1.82, 2.24) is 4.98 Å². The van der Waals surface area contributed by atoms with E-state index in [1.54, 1.807) is 18.2 Å². The van der Waals surface area contributed by atoms with Gasteiger partial charge in [0.1, 0.15) is 11.3 Å². The molecular weight excluding hydrogens is 492 g/mol.